The Labute approximate surface area is 77.6 Å². The summed E-state index contributed by atoms with van der Waals surface area (Å²) in [5.74, 6) is 0.0841. The van der Waals surface area contributed by atoms with Crippen molar-refractivity contribution in [2.75, 3.05) is 13.2 Å². The lowest BCUT2D eigenvalue weighted by molar-refractivity contribution is -0.183. The van der Waals surface area contributed by atoms with Crippen molar-refractivity contribution < 1.29 is 14.3 Å². The average molecular weight is 185 g/mol. The zero-order valence-electron chi connectivity index (χ0n) is 7.62. The second-order valence-electron chi connectivity index (χ2n) is 3.56. The van der Waals surface area contributed by atoms with Crippen LogP contribution in [0.3, 0.4) is 0 Å². The molecule has 2 aliphatic rings. The van der Waals surface area contributed by atoms with Crippen molar-refractivity contribution in [1.82, 2.24) is 5.32 Å². The molecule has 74 valence electrons. The molecule has 2 aliphatic heterocycles. The van der Waals surface area contributed by atoms with E-state index in [0.29, 0.717) is 13.0 Å². The molecule has 4 heteroatoms. The van der Waals surface area contributed by atoms with Gasteiger partial charge in [-0.15, -0.1) is 0 Å². The van der Waals surface area contributed by atoms with E-state index in [2.05, 4.69) is 5.32 Å². The third-order valence-corrected chi connectivity index (χ3v) is 2.42. The molecular formula is C9H15NO3. The van der Waals surface area contributed by atoms with E-state index in [1.165, 1.54) is 6.42 Å². The summed E-state index contributed by atoms with van der Waals surface area (Å²) in [7, 11) is 0. The monoisotopic (exact) mass is 185 g/mol. The van der Waals surface area contributed by atoms with Crippen LogP contribution in [-0.4, -0.2) is 31.5 Å². The number of rotatable bonds is 2. The van der Waals surface area contributed by atoms with E-state index in [-0.39, 0.29) is 18.3 Å². The maximum Gasteiger partial charge on any atom is 0.222 e. The van der Waals surface area contributed by atoms with Crippen LogP contribution in [0.2, 0.25) is 0 Å². The Bertz CT molecular complexity index is 189. The summed E-state index contributed by atoms with van der Waals surface area (Å²) in [4.78, 5) is 10.9. The van der Waals surface area contributed by atoms with Gasteiger partial charge in [0.05, 0.1) is 12.5 Å². The van der Waals surface area contributed by atoms with Crippen molar-refractivity contribution in [2.45, 2.75) is 38.1 Å². The summed E-state index contributed by atoms with van der Waals surface area (Å²) in [5.41, 5.74) is 0. The molecule has 0 aromatic carbocycles. The van der Waals surface area contributed by atoms with E-state index in [1.807, 2.05) is 0 Å². The fraction of sp³-hybridized carbons (Fsp3) is 0.889. The molecule has 0 aromatic heterocycles. The van der Waals surface area contributed by atoms with Gasteiger partial charge in [0.15, 0.2) is 6.29 Å². The highest BCUT2D eigenvalue weighted by Gasteiger charge is 2.26. The van der Waals surface area contributed by atoms with Gasteiger partial charge in [0.25, 0.3) is 0 Å². The molecule has 0 bridgehead atoms. The number of hydrogen-bond acceptors (Lipinski definition) is 3. The van der Waals surface area contributed by atoms with E-state index >= 15 is 0 Å². The van der Waals surface area contributed by atoms with Crippen LogP contribution >= 0.6 is 0 Å². The molecule has 2 fully saturated rings. The molecule has 2 heterocycles. The van der Waals surface area contributed by atoms with E-state index in [9.17, 15) is 4.79 Å². The molecule has 1 amide bonds. The summed E-state index contributed by atoms with van der Waals surface area (Å²) in [5, 5.41) is 2.74. The van der Waals surface area contributed by atoms with Gasteiger partial charge in [-0.1, -0.05) is 0 Å². The van der Waals surface area contributed by atoms with Gasteiger partial charge in [0.1, 0.15) is 0 Å². The lowest BCUT2D eigenvalue weighted by Gasteiger charge is -2.25. The van der Waals surface area contributed by atoms with Crippen molar-refractivity contribution in [3.8, 4) is 0 Å². The van der Waals surface area contributed by atoms with Crippen molar-refractivity contribution in [3.63, 3.8) is 0 Å². The van der Waals surface area contributed by atoms with E-state index in [0.717, 1.165) is 19.4 Å². The third kappa shape index (κ3) is 2.42. The predicted molar refractivity (Wildman–Crippen MR) is 46.1 cm³/mol. The van der Waals surface area contributed by atoms with Gasteiger partial charge in [-0.05, 0) is 19.3 Å². The second kappa shape index (κ2) is 4.07. The number of carbonyl (C=O) groups is 1. The number of amides is 1. The molecule has 2 saturated heterocycles. The van der Waals surface area contributed by atoms with Crippen LogP contribution in [0.5, 0.6) is 0 Å². The smallest absolute Gasteiger partial charge is 0.222 e. The Hall–Kier alpha value is -0.610. The van der Waals surface area contributed by atoms with Crippen LogP contribution in [-0.2, 0) is 14.3 Å². The zero-order chi connectivity index (χ0) is 9.10. The van der Waals surface area contributed by atoms with Crippen LogP contribution in [0.4, 0.5) is 0 Å². The standard InChI is InChI=1S/C9H15NO3/c11-8-5-7(6-10-8)13-9-3-1-2-4-12-9/h7,9H,1-6H2,(H,10,11)/t7-,9?/m0/s1. The maximum absolute atomic E-state index is 10.9. The molecule has 1 unspecified atom stereocenters. The molecule has 13 heavy (non-hydrogen) atoms. The summed E-state index contributed by atoms with van der Waals surface area (Å²) >= 11 is 0. The lowest BCUT2D eigenvalue weighted by Crippen LogP contribution is -2.29. The van der Waals surface area contributed by atoms with E-state index in [1.54, 1.807) is 0 Å². The van der Waals surface area contributed by atoms with Gasteiger partial charge >= 0.3 is 0 Å². The highest BCUT2D eigenvalue weighted by molar-refractivity contribution is 5.78. The van der Waals surface area contributed by atoms with Crippen molar-refractivity contribution in [2.24, 2.45) is 0 Å². The first-order valence-corrected chi connectivity index (χ1v) is 4.88. The van der Waals surface area contributed by atoms with Crippen LogP contribution in [0.25, 0.3) is 0 Å². The number of hydrogen-bond donors (Lipinski definition) is 1. The summed E-state index contributed by atoms with van der Waals surface area (Å²) in [6.45, 7) is 1.43. The Morgan fingerprint density at radius 3 is 3.00 bits per heavy atom. The fourth-order valence-electron chi connectivity index (χ4n) is 1.71. The van der Waals surface area contributed by atoms with E-state index < -0.39 is 0 Å². The Morgan fingerprint density at radius 2 is 2.38 bits per heavy atom. The average Bonchev–Trinajstić information content (AvgIpc) is 2.53. The summed E-state index contributed by atoms with van der Waals surface area (Å²) in [6, 6.07) is 0. The second-order valence-corrected chi connectivity index (χ2v) is 3.56. The molecule has 0 aromatic rings. The number of carbonyl (C=O) groups excluding carboxylic acids is 1. The first-order chi connectivity index (χ1) is 6.34. The molecule has 2 rings (SSSR count). The minimum absolute atomic E-state index is 0.0237. The minimum atomic E-state index is -0.0774. The molecular weight excluding hydrogens is 170 g/mol. The largest absolute Gasteiger partial charge is 0.353 e. The van der Waals surface area contributed by atoms with Gasteiger partial charge in [-0.3, -0.25) is 4.79 Å². The van der Waals surface area contributed by atoms with Gasteiger partial charge in [-0.2, -0.15) is 0 Å². The predicted octanol–water partition coefficient (Wildman–Crippen LogP) is 0.418. The fourth-order valence-corrected chi connectivity index (χ4v) is 1.71. The SMILES string of the molecule is O=C1C[C@H](OC2CCCCO2)CN1. The van der Waals surface area contributed by atoms with Crippen LogP contribution in [0, 0.1) is 0 Å². The van der Waals surface area contributed by atoms with Crippen LogP contribution in [0.1, 0.15) is 25.7 Å². The third-order valence-electron chi connectivity index (χ3n) is 2.42. The minimum Gasteiger partial charge on any atom is -0.353 e. The number of ether oxygens (including phenoxy) is 2. The lowest BCUT2D eigenvalue weighted by atomic mass is 10.2. The maximum atomic E-state index is 10.9. The first-order valence-electron chi connectivity index (χ1n) is 4.88. The molecule has 0 radical (unpaired) electrons. The molecule has 2 atom stereocenters. The van der Waals surface area contributed by atoms with Gasteiger partial charge in [0, 0.05) is 13.2 Å². The Kier molecular flexibility index (Phi) is 2.80. The zero-order valence-corrected chi connectivity index (χ0v) is 7.62. The molecule has 0 aliphatic carbocycles. The molecule has 0 spiro atoms. The van der Waals surface area contributed by atoms with Crippen molar-refractivity contribution >= 4 is 5.91 Å². The quantitative estimate of drug-likeness (QED) is 0.678. The van der Waals surface area contributed by atoms with Gasteiger partial charge < -0.3 is 14.8 Å². The highest BCUT2D eigenvalue weighted by atomic mass is 16.7. The Morgan fingerprint density at radius 1 is 1.46 bits per heavy atom. The molecule has 0 saturated carbocycles. The van der Waals surface area contributed by atoms with Crippen LogP contribution < -0.4 is 5.32 Å². The van der Waals surface area contributed by atoms with E-state index in [4.69, 9.17) is 9.47 Å². The summed E-state index contributed by atoms with van der Waals surface area (Å²) < 4.78 is 11.0. The van der Waals surface area contributed by atoms with Crippen LogP contribution in [0.15, 0.2) is 0 Å². The molecule has 1 N–H and O–H groups in total. The van der Waals surface area contributed by atoms with Gasteiger partial charge in [0.2, 0.25) is 5.91 Å². The van der Waals surface area contributed by atoms with Crippen molar-refractivity contribution in [3.05, 3.63) is 0 Å². The topological polar surface area (TPSA) is 47.6 Å². The van der Waals surface area contributed by atoms with Gasteiger partial charge in [-0.25, -0.2) is 0 Å². The highest BCUT2D eigenvalue weighted by Crippen LogP contribution is 2.17. The van der Waals surface area contributed by atoms with Crippen molar-refractivity contribution in [1.29, 1.82) is 0 Å². The molecule has 4 nitrogen and oxygen atoms in total. The normalized spacial score (nSPS) is 34.6. The first kappa shape index (κ1) is 8.97. The number of nitrogens with one attached hydrogen (secondary N) is 1. The Balaban J connectivity index is 1.73. The summed E-state index contributed by atoms with van der Waals surface area (Å²) in [6.07, 6.45) is 3.69.